The smallest absolute Gasteiger partial charge is 0.312 e. The minimum absolute atomic E-state index is 0.0285. The van der Waals surface area contributed by atoms with E-state index in [0.29, 0.717) is 17.9 Å². The van der Waals surface area contributed by atoms with Crippen molar-refractivity contribution >= 4 is 5.69 Å². The average Bonchev–Trinajstić information content (AvgIpc) is 2.62. The number of β-amino-alcohol motifs (C(OH)–C–C–N with tert-alkyl or cyclic N) is 1. The SMILES string of the molecule is Cc1nn(C[C@@H](O)CN2C[C@@H](C)O[C@@H](C)C2)c(C)c1[N+](=O)[O-]. The summed E-state index contributed by atoms with van der Waals surface area (Å²) >= 11 is 0. The van der Waals surface area contributed by atoms with Gasteiger partial charge in [0.15, 0.2) is 0 Å². The van der Waals surface area contributed by atoms with E-state index < -0.39 is 11.0 Å². The number of hydrogen-bond acceptors (Lipinski definition) is 6. The zero-order chi connectivity index (χ0) is 16.4. The summed E-state index contributed by atoms with van der Waals surface area (Å²) in [7, 11) is 0. The first-order valence-electron chi connectivity index (χ1n) is 7.52. The van der Waals surface area contributed by atoms with E-state index in [9.17, 15) is 15.2 Å². The van der Waals surface area contributed by atoms with Crippen molar-refractivity contribution in [1.29, 1.82) is 0 Å². The van der Waals surface area contributed by atoms with E-state index in [1.807, 2.05) is 13.8 Å². The van der Waals surface area contributed by atoms with Crippen LogP contribution in [0.2, 0.25) is 0 Å². The molecule has 22 heavy (non-hydrogen) atoms. The molecule has 8 heteroatoms. The van der Waals surface area contributed by atoms with Gasteiger partial charge in [0.1, 0.15) is 11.4 Å². The molecular weight excluding hydrogens is 288 g/mol. The number of aromatic nitrogens is 2. The van der Waals surface area contributed by atoms with E-state index in [1.165, 1.54) is 4.68 Å². The number of nitrogens with zero attached hydrogens (tertiary/aromatic N) is 4. The molecule has 1 aliphatic heterocycles. The van der Waals surface area contributed by atoms with E-state index in [4.69, 9.17) is 4.74 Å². The summed E-state index contributed by atoms with van der Waals surface area (Å²) in [6, 6.07) is 0. The number of aliphatic hydroxyl groups is 1. The molecule has 1 aromatic rings. The Morgan fingerprint density at radius 1 is 1.36 bits per heavy atom. The molecule has 1 saturated heterocycles. The van der Waals surface area contributed by atoms with E-state index in [2.05, 4.69) is 10.00 Å². The molecule has 1 N–H and O–H groups in total. The van der Waals surface area contributed by atoms with Gasteiger partial charge in [0, 0.05) is 19.6 Å². The number of nitro groups is 1. The highest BCUT2D eigenvalue weighted by molar-refractivity contribution is 5.39. The molecular formula is C14H24N4O4. The fourth-order valence-electron chi connectivity index (χ4n) is 3.12. The van der Waals surface area contributed by atoms with Gasteiger partial charge in [-0.1, -0.05) is 0 Å². The predicted octanol–water partition coefficient (Wildman–Crippen LogP) is 0.878. The van der Waals surface area contributed by atoms with E-state index >= 15 is 0 Å². The lowest BCUT2D eigenvalue weighted by Gasteiger charge is -2.36. The van der Waals surface area contributed by atoms with Crippen molar-refractivity contribution in [2.75, 3.05) is 19.6 Å². The van der Waals surface area contributed by atoms with E-state index in [1.54, 1.807) is 13.8 Å². The van der Waals surface area contributed by atoms with Gasteiger partial charge in [-0.25, -0.2) is 0 Å². The quantitative estimate of drug-likeness (QED) is 0.641. The maximum Gasteiger partial charge on any atom is 0.312 e. The number of rotatable bonds is 5. The van der Waals surface area contributed by atoms with Crippen LogP contribution < -0.4 is 0 Å². The molecule has 3 atom stereocenters. The van der Waals surface area contributed by atoms with Crippen LogP contribution in [0.15, 0.2) is 0 Å². The summed E-state index contributed by atoms with van der Waals surface area (Å²) in [5.74, 6) is 0. The molecule has 0 bridgehead atoms. The Labute approximate surface area is 129 Å². The third-order valence-corrected chi connectivity index (χ3v) is 3.87. The monoisotopic (exact) mass is 312 g/mol. The van der Waals surface area contributed by atoms with Crippen LogP contribution in [-0.4, -0.2) is 62.7 Å². The molecule has 2 rings (SSSR count). The summed E-state index contributed by atoms with van der Waals surface area (Å²) in [5, 5.41) is 25.4. The van der Waals surface area contributed by atoms with Crippen molar-refractivity contribution in [2.45, 2.75) is 52.6 Å². The molecule has 0 spiro atoms. The predicted molar refractivity (Wildman–Crippen MR) is 80.8 cm³/mol. The van der Waals surface area contributed by atoms with Crippen LogP contribution in [0.3, 0.4) is 0 Å². The maximum atomic E-state index is 11.0. The number of ether oxygens (including phenoxy) is 1. The standard InChI is InChI=1S/C14H24N4O4/c1-9-5-16(6-10(2)22-9)7-13(19)8-17-12(4)14(18(20)21)11(3)15-17/h9-10,13,19H,5-8H2,1-4H3/t9-,10+,13-/m0/s1. The van der Waals surface area contributed by atoms with Crippen LogP contribution in [-0.2, 0) is 11.3 Å². The van der Waals surface area contributed by atoms with Crippen molar-refractivity contribution in [3.63, 3.8) is 0 Å². The second-order valence-electron chi connectivity index (χ2n) is 6.09. The van der Waals surface area contributed by atoms with Crippen LogP contribution in [0, 0.1) is 24.0 Å². The molecule has 124 valence electrons. The van der Waals surface area contributed by atoms with Crippen LogP contribution in [0.1, 0.15) is 25.2 Å². The number of aliphatic hydroxyl groups excluding tert-OH is 1. The molecule has 0 saturated carbocycles. The largest absolute Gasteiger partial charge is 0.390 e. The Morgan fingerprint density at radius 2 is 1.95 bits per heavy atom. The highest BCUT2D eigenvalue weighted by Gasteiger charge is 2.26. The zero-order valence-corrected chi connectivity index (χ0v) is 13.5. The first kappa shape index (κ1) is 16.9. The van der Waals surface area contributed by atoms with Crippen LogP contribution in [0.4, 0.5) is 5.69 Å². The molecule has 0 aliphatic carbocycles. The van der Waals surface area contributed by atoms with Crippen molar-refractivity contribution in [1.82, 2.24) is 14.7 Å². The minimum atomic E-state index is -0.630. The number of hydrogen-bond donors (Lipinski definition) is 1. The third kappa shape index (κ3) is 3.82. The normalized spacial score (nSPS) is 24.4. The Kier molecular flexibility index (Phi) is 5.15. The van der Waals surface area contributed by atoms with Crippen molar-refractivity contribution in [2.24, 2.45) is 0 Å². The van der Waals surface area contributed by atoms with Crippen molar-refractivity contribution < 1.29 is 14.8 Å². The van der Waals surface area contributed by atoms with E-state index in [-0.39, 0.29) is 24.4 Å². The lowest BCUT2D eigenvalue weighted by molar-refractivity contribution is -0.386. The number of morpholine rings is 1. The second-order valence-corrected chi connectivity index (χ2v) is 6.09. The summed E-state index contributed by atoms with van der Waals surface area (Å²) in [5.41, 5.74) is 0.884. The Bertz CT molecular complexity index is 535. The van der Waals surface area contributed by atoms with Gasteiger partial charge in [-0.2, -0.15) is 5.10 Å². The summed E-state index contributed by atoms with van der Waals surface area (Å²) < 4.78 is 7.18. The van der Waals surface area contributed by atoms with Crippen LogP contribution in [0.25, 0.3) is 0 Å². The molecule has 8 nitrogen and oxygen atoms in total. The highest BCUT2D eigenvalue weighted by Crippen LogP contribution is 2.22. The molecule has 2 heterocycles. The Morgan fingerprint density at radius 3 is 2.45 bits per heavy atom. The molecule has 1 aromatic heterocycles. The number of aryl methyl sites for hydroxylation is 1. The molecule has 0 unspecified atom stereocenters. The van der Waals surface area contributed by atoms with Crippen molar-refractivity contribution in [3.05, 3.63) is 21.5 Å². The molecule has 0 radical (unpaired) electrons. The van der Waals surface area contributed by atoms with Gasteiger partial charge in [-0.3, -0.25) is 19.7 Å². The average molecular weight is 312 g/mol. The first-order chi connectivity index (χ1) is 10.3. The Hall–Kier alpha value is -1.51. The summed E-state index contributed by atoms with van der Waals surface area (Å²) in [6.45, 7) is 9.60. The molecule has 0 amide bonds. The van der Waals surface area contributed by atoms with E-state index in [0.717, 1.165) is 13.1 Å². The third-order valence-electron chi connectivity index (χ3n) is 3.87. The molecule has 1 aliphatic rings. The van der Waals surface area contributed by atoms with Gasteiger partial charge in [-0.15, -0.1) is 0 Å². The fraction of sp³-hybridized carbons (Fsp3) is 0.786. The Balaban J connectivity index is 1.99. The van der Waals surface area contributed by atoms with Gasteiger partial charge in [-0.05, 0) is 27.7 Å². The van der Waals surface area contributed by atoms with Gasteiger partial charge >= 0.3 is 5.69 Å². The molecule has 0 aromatic carbocycles. The lowest BCUT2D eigenvalue weighted by atomic mass is 10.2. The van der Waals surface area contributed by atoms with Gasteiger partial charge in [0.05, 0.1) is 29.8 Å². The van der Waals surface area contributed by atoms with Gasteiger partial charge in [0.25, 0.3) is 0 Å². The second kappa shape index (κ2) is 6.72. The maximum absolute atomic E-state index is 11.0. The summed E-state index contributed by atoms with van der Waals surface area (Å²) in [6.07, 6.45) is -0.341. The van der Waals surface area contributed by atoms with Crippen LogP contribution >= 0.6 is 0 Å². The highest BCUT2D eigenvalue weighted by atomic mass is 16.6. The molecule has 1 fully saturated rings. The minimum Gasteiger partial charge on any atom is -0.390 e. The lowest BCUT2D eigenvalue weighted by Crippen LogP contribution is -2.48. The van der Waals surface area contributed by atoms with Crippen molar-refractivity contribution in [3.8, 4) is 0 Å². The van der Waals surface area contributed by atoms with Gasteiger partial charge in [0.2, 0.25) is 0 Å². The summed E-state index contributed by atoms with van der Waals surface area (Å²) in [4.78, 5) is 12.7. The van der Waals surface area contributed by atoms with Crippen LogP contribution in [0.5, 0.6) is 0 Å². The first-order valence-corrected chi connectivity index (χ1v) is 7.52. The fourth-order valence-corrected chi connectivity index (χ4v) is 3.12. The topological polar surface area (TPSA) is 93.7 Å². The zero-order valence-electron chi connectivity index (χ0n) is 13.5. The van der Waals surface area contributed by atoms with Gasteiger partial charge < -0.3 is 9.84 Å².